The molecule has 1 rings (SSSR count). The van der Waals surface area contributed by atoms with E-state index in [0.29, 0.717) is 5.76 Å². The summed E-state index contributed by atoms with van der Waals surface area (Å²) >= 11 is 0. The monoisotopic (exact) mass is 93.0 g/mol. The molecule has 1 heterocycles. The number of nitriles is 1. The Morgan fingerprint density at radius 1 is 1.71 bits per heavy atom. The molecule has 0 spiro atoms. The molecule has 0 aliphatic carbocycles. The Balaban J connectivity index is 3.04. The Bertz CT molecular complexity index is 170. The molecule has 0 N–H and O–H groups in total. The summed E-state index contributed by atoms with van der Waals surface area (Å²) in [4.78, 5) is 0. The van der Waals surface area contributed by atoms with E-state index in [1.54, 1.807) is 12.1 Å². The van der Waals surface area contributed by atoms with Crippen molar-refractivity contribution in [3.8, 4) is 6.07 Å². The third kappa shape index (κ3) is 0.606. The van der Waals surface area contributed by atoms with Crippen LogP contribution in [-0.4, -0.2) is 0 Å². The Morgan fingerprint density at radius 3 is 2.86 bits per heavy atom. The van der Waals surface area contributed by atoms with Crippen molar-refractivity contribution in [1.82, 2.24) is 0 Å². The molecule has 34 valence electrons. The second-order valence-electron chi connectivity index (χ2n) is 1.09. The minimum absolute atomic E-state index is 0.361. The highest BCUT2D eigenvalue weighted by Gasteiger charge is 1.84. The normalized spacial score (nSPS) is 7.86. The van der Waals surface area contributed by atoms with Gasteiger partial charge in [-0.05, 0) is 12.1 Å². The molecule has 0 aliphatic rings. The van der Waals surface area contributed by atoms with E-state index < -0.39 is 0 Å². The van der Waals surface area contributed by atoms with Crippen LogP contribution in [-0.2, 0) is 0 Å². The van der Waals surface area contributed by atoms with E-state index >= 15 is 0 Å². The second kappa shape index (κ2) is 1.48. The van der Waals surface area contributed by atoms with Crippen LogP contribution in [0.15, 0.2) is 22.8 Å². The average molecular weight is 93.1 g/mol. The van der Waals surface area contributed by atoms with E-state index in [-0.39, 0.29) is 0 Å². The van der Waals surface area contributed by atoms with Gasteiger partial charge >= 0.3 is 0 Å². The van der Waals surface area contributed by atoms with Gasteiger partial charge in [-0.15, -0.1) is 0 Å². The van der Waals surface area contributed by atoms with E-state index in [1.807, 2.05) is 6.07 Å². The largest absolute Gasteiger partial charge is 0.454 e. The van der Waals surface area contributed by atoms with Gasteiger partial charge in [0.1, 0.15) is 6.07 Å². The number of rotatable bonds is 0. The minimum atomic E-state index is 0.361. The van der Waals surface area contributed by atoms with Crippen molar-refractivity contribution in [3.05, 3.63) is 24.2 Å². The molecule has 0 atom stereocenters. The minimum Gasteiger partial charge on any atom is -0.454 e. The van der Waals surface area contributed by atoms with Crippen molar-refractivity contribution in [2.24, 2.45) is 0 Å². The lowest BCUT2D eigenvalue weighted by Gasteiger charge is -1.65. The van der Waals surface area contributed by atoms with E-state index in [9.17, 15) is 0 Å². The third-order valence-electron chi connectivity index (χ3n) is 0.631. The van der Waals surface area contributed by atoms with Crippen molar-refractivity contribution in [1.29, 1.82) is 5.26 Å². The lowest BCUT2D eigenvalue weighted by Crippen LogP contribution is -1.54. The highest BCUT2D eigenvalue weighted by atomic mass is 16.3. The lowest BCUT2D eigenvalue weighted by atomic mass is 10.5. The summed E-state index contributed by atoms with van der Waals surface area (Å²) in [5.41, 5.74) is 0. The topological polar surface area (TPSA) is 36.9 Å². The summed E-state index contributed by atoms with van der Waals surface area (Å²) in [5, 5.41) is 8.08. The van der Waals surface area contributed by atoms with Gasteiger partial charge in [0.15, 0.2) is 0 Å². The van der Waals surface area contributed by atoms with Gasteiger partial charge < -0.3 is 4.42 Å². The van der Waals surface area contributed by atoms with Gasteiger partial charge in [-0.25, -0.2) is 0 Å². The van der Waals surface area contributed by atoms with Crippen LogP contribution in [0.25, 0.3) is 0 Å². The van der Waals surface area contributed by atoms with Crippen LogP contribution >= 0.6 is 0 Å². The Kier molecular flexibility index (Phi) is 0.833. The first-order chi connectivity index (χ1) is 3.43. The molecular formula is C5H3NO. The smallest absolute Gasteiger partial charge is 0.203 e. The van der Waals surface area contributed by atoms with Crippen molar-refractivity contribution >= 4 is 0 Å². The molecule has 0 aromatic carbocycles. The zero-order valence-electron chi connectivity index (χ0n) is 3.59. The summed E-state index contributed by atoms with van der Waals surface area (Å²) in [6.07, 6.45) is 1.47. The van der Waals surface area contributed by atoms with Gasteiger partial charge in [0.2, 0.25) is 5.76 Å². The molecule has 2 heteroatoms. The molecule has 7 heavy (non-hydrogen) atoms. The van der Waals surface area contributed by atoms with E-state index in [4.69, 9.17) is 5.26 Å². The van der Waals surface area contributed by atoms with E-state index in [2.05, 4.69) is 4.42 Å². The Labute approximate surface area is 41.0 Å². The fourth-order valence-electron chi connectivity index (χ4n) is 0.342. The Hall–Kier alpha value is -1.23. The lowest BCUT2D eigenvalue weighted by molar-refractivity contribution is 0.553. The molecule has 0 radical (unpaired) electrons. The summed E-state index contributed by atoms with van der Waals surface area (Å²) in [6, 6.07) is 5.13. The first-order valence-electron chi connectivity index (χ1n) is 1.87. The van der Waals surface area contributed by atoms with Gasteiger partial charge in [0.25, 0.3) is 0 Å². The average Bonchev–Trinajstić information content (AvgIpc) is 2.14. The maximum Gasteiger partial charge on any atom is 0.203 e. The van der Waals surface area contributed by atoms with Crippen molar-refractivity contribution in [3.63, 3.8) is 0 Å². The van der Waals surface area contributed by atoms with Crippen LogP contribution in [0.5, 0.6) is 0 Å². The molecule has 0 aliphatic heterocycles. The maximum atomic E-state index is 8.08. The van der Waals surface area contributed by atoms with E-state index in [1.165, 1.54) is 6.26 Å². The summed E-state index contributed by atoms with van der Waals surface area (Å²) in [6.45, 7) is 0. The summed E-state index contributed by atoms with van der Waals surface area (Å²) in [7, 11) is 0. The molecule has 0 saturated carbocycles. The van der Waals surface area contributed by atoms with Crippen LogP contribution in [0, 0.1) is 11.3 Å². The first-order valence-corrected chi connectivity index (χ1v) is 1.87. The predicted molar refractivity (Wildman–Crippen MR) is 23.4 cm³/mol. The zero-order valence-corrected chi connectivity index (χ0v) is 3.59. The molecule has 0 unspecified atom stereocenters. The van der Waals surface area contributed by atoms with Crippen molar-refractivity contribution in [2.75, 3.05) is 0 Å². The second-order valence-corrected chi connectivity index (χ2v) is 1.09. The third-order valence-corrected chi connectivity index (χ3v) is 0.631. The zero-order chi connectivity index (χ0) is 5.11. The summed E-state index contributed by atoms with van der Waals surface area (Å²) in [5.74, 6) is 0.361. The van der Waals surface area contributed by atoms with Crippen LogP contribution in [0.4, 0.5) is 0 Å². The molecule has 1 aromatic heterocycles. The molecule has 1 aromatic rings. The molecular weight excluding hydrogens is 90.1 g/mol. The molecule has 2 nitrogen and oxygen atoms in total. The molecule has 0 fully saturated rings. The fourth-order valence-corrected chi connectivity index (χ4v) is 0.342. The quantitative estimate of drug-likeness (QED) is 0.482. The van der Waals surface area contributed by atoms with Gasteiger partial charge in [0, 0.05) is 0 Å². The van der Waals surface area contributed by atoms with Crippen molar-refractivity contribution < 1.29 is 4.42 Å². The molecule has 0 saturated heterocycles. The highest BCUT2D eigenvalue weighted by molar-refractivity contribution is 5.14. The van der Waals surface area contributed by atoms with Gasteiger partial charge in [0.05, 0.1) is 6.26 Å². The van der Waals surface area contributed by atoms with Crippen LogP contribution in [0.3, 0.4) is 0 Å². The maximum absolute atomic E-state index is 8.08. The van der Waals surface area contributed by atoms with Gasteiger partial charge in [-0.1, -0.05) is 0 Å². The molecule has 0 bridgehead atoms. The number of furan rings is 1. The summed E-state index contributed by atoms with van der Waals surface area (Å²) < 4.78 is 4.62. The highest BCUT2D eigenvalue weighted by Crippen LogP contribution is 1.94. The molecule has 0 amide bonds. The number of hydrogen-bond donors (Lipinski definition) is 0. The first kappa shape index (κ1) is 3.94. The van der Waals surface area contributed by atoms with Crippen LogP contribution in [0.1, 0.15) is 5.76 Å². The van der Waals surface area contributed by atoms with Crippen LogP contribution in [0.2, 0.25) is 0 Å². The standard InChI is InChI=1S/C5H3NO/c6-4-5-2-1-3-7-5/h1-3H. The number of nitrogens with zero attached hydrogens (tertiary/aromatic N) is 1. The predicted octanol–water partition coefficient (Wildman–Crippen LogP) is 1.15. The van der Waals surface area contributed by atoms with Gasteiger partial charge in [-0.2, -0.15) is 5.26 Å². The van der Waals surface area contributed by atoms with Gasteiger partial charge in [-0.3, -0.25) is 0 Å². The van der Waals surface area contributed by atoms with E-state index in [0.717, 1.165) is 0 Å². The van der Waals surface area contributed by atoms with Crippen LogP contribution < -0.4 is 0 Å². The van der Waals surface area contributed by atoms with Crippen molar-refractivity contribution in [2.45, 2.75) is 0 Å². The SMILES string of the molecule is N#Cc1ccco1. The Morgan fingerprint density at radius 2 is 2.57 bits per heavy atom. The number of hydrogen-bond acceptors (Lipinski definition) is 2. The fraction of sp³-hybridized carbons (Fsp3) is 0.